The molecule has 33 heavy (non-hydrogen) atoms. The Morgan fingerprint density at radius 1 is 0.848 bits per heavy atom. The van der Waals surface area contributed by atoms with Crippen molar-refractivity contribution in [2.75, 3.05) is 10.6 Å². The van der Waals surface area contributed by atoms with E-state index in [4.69, 9.17) is 0 Å². The van der Waals surface area contributed by atoms with Gasteiger partial charge < -0.3 is 20.8 Å². The number of anilines is 2. The molecule has 2 aromatic carbocycles. The molecule has 0 fully saturated rings. The minimum Gasteiger partial charge on any atom is -0.508 e. The maximum absolute atomic E-state index is 12.8. The first-order valence-electron chi connectivity index (χ1n) is 10.5. The van der Waals surface area contributed by atoms with Crippen molar-refractivity contribution in [3.63, 3.8) is 0 Å². The molecule has 0 spiro atoms. The number of nitrogens with one attached hydrogen (secondary N) is 2. The van der Waals surface area contributed by atoms with Gasteiger partial charge in [0.15, 0.2) is 0 Å². The van der Waals surface area contributed by atoms with Crippen molar-refractivity contribution in [1.82, 2.24) is 0 Å². The summed E-state index contributed by atoms with van der Waals surface area (Å²) in [5, 5.41) is 24.9. The van der Waals surface area contributed by atoms with Gasteiger partial charge in [-0.05, 0) is 42.3 Å². The number of hydrogen-bond acceptors (Lipinski definition) is 4. The predicted molar refractivity (Wildman–Crippen MR) is 134 cm³/mol. The fraction of sp³-hybridized carbons (Fsp3) is 0.111. The highest BCUT2D eigenvalue weighted by molar-refractivity contribution is 6.09. The van der Waals surface area contributed by atoms with Gasteiger partial charge in [0, 0.05) is 22.5 Å². The predicted octanol–water partition coefficient (Wildman–Crippen LogP) is 6.32. The normalized spacial score (nSPS) is 12.2. The Bertz CT molecular complexity index is 1160. The van der Waals surface area contributed by atoms with Gasteiger partial charge in [-0.15, -0.1) is 0 Å². The molecule has 0 saturated carbocycles. The second kappa shape index (κ2) is 11.9. The van der Waals surface area contributed by atoms with Crippen molar-refractivity contribution in [3.8, 4) is 0 Å². The van der Waals surface area contributed by atoms with Gasteiger partial charge in [0.2, 0.25) is 0 Å². The fourth-order valence-corrected chi connectivity index (χ4v) is 3.06. The second-order valence-corrected chi connectivity index (χ2v) is 6.80. The minimum atomic E-state index is -1.12. The maximum atomic E-state index is 12.8. The van der Waals surface area contributed by atoms with Crippen molar-refractivity contribution in [2.45, 2.75) is 20.3 Å². The van der Waals surface area contributed by atoms with Crippen LogP contribution in [-0.2, 0) is 4.79 Å². The average molecular weight is 445 g/mol. The lowest BCUT2D eigenvalue weighted by Crippen LogP contribution is -2.16. The number of aliphatic hydroxyl groups excluding tert-OH is 1. The third-order valence-corrected chi connectivity index (χ3v) is 4.62. The smallest absolute Gasteiger partial charge is 0.337 e. The topological polar surface area (TPSA) is 98.7 Å². The number of benzene rings is 2. The Morgan fingerprint density at radius 2 is 1.42 bits per heavy atom. The highest BCUT2D eigenvalue weighted by Crippen LogP contribution is 2.26. The van der Waals surface area contributed by atoms with Crippen molar-refractivity contribution in [3.05, 3.63) is 114 Å². The zero-order chi connectivity index (χ0) is 24.4. The fourth-order valence-electron chi connectivity index (χ4n) is 3.06. The van der Waals surface area contributed by atoms with Crippen molar-refractivity contribution in [2.24, 2.45) is 0 Å². The number of aliphatic hydroxyl groups is 1. The quantitative estimate of drug-likeness (QED) is 0.375. The van der Waals surface area contributed by atoms with Gasteiger partial charge in [0.1, 0.15) is 5.76 Å². The van der Waals surface area contributed by atoms with Crippen LogP contribution < -0.4 is 10.6 Å². The standard InChI is InChI=1S/C25H22N2O4.C2H6/c1-16(26-22-13-7-5-11-20(22)17(2)28)18-9-3-4-10-19(15-18)24(29)27-23-14-8-6-12-21(23)25(30)31;1-2/h3,5-15,26,28H,1-2,4H2,(H,27,29)(H,30,31);1-2H3. The van der Waals surface area contributed by atoms with E-state index in [-0.39, 0.29) is 17.0 Å². The first-order valence-corrected chi connectivity index (χ1v) is 10.5. The molecule has 170 valence electrons. The highest BCUT2D eigenvalue weighted by Gasteiger charge is 2.16. The molecule has 4 N–H and O–H groups in total. The Hall–Kier alpha value is -4.32. The van der Waals surface area contributed by atoms with Crippen LogP contribution >= 0.6 is 0 Å². The van der Waals surface area contributed by atoms with Crippen molar-refractivity contribution < 1.29 is 19.8 Å². The van der Waals surface area contributed by atoms with E-state index in [2.05, 4.69) is 23.8 Å². The van der Waals surface area contributed by atoms with Crippen LogP contribution in [0, 0.1) is 0 Å². The summed E-state index contributed by atoms with van der Waals surface area (Å²) in [7, 11) is 0. The molecular formula is C27H28N2O4. The highest BCUT2D eigenvalue weighted by atomic mass is 16.4. The van der Waals surface area contributed by atoms with Crippen LogP contribution in [0.1, 0.15) is 36.2 Å². The van der Waals surface area contributed by atoms with Gasteiger partial charge in [-0.1, -0.05) is 69.5 Å². The van der Waals surface area contributed by atoms with E-state index in [9.17, 15) is 19.8 Å². The molecule has 0 heterocycles. The molecule has 0 bridgehead atoms. The summed E-state index contributed by atoms with van der Waals surface area (Å²) < 4.78 is 0. The molecule has 1 aliphatic carbocycles. The van der Waals surface area contributed by atoms with E-state index >= 15 is 0 Å². The number of aromatic carboxylic acids is 1. The first kappa shape index (κ1) is 24.9. The first-order chi connectivity index (χ1) is 15.9. The molecule has 0 aromatic heterocycles. The molecule has 0 aliphatic heterocycles. The van der Waals surface area contributed by atoms with Crippen LogP contribution in [0.3, 0.4) is 0 Å². The van der Waals surface area contributed by atoms with E-state index < -0.39 is 11.9 Å². The van der Waals surface area contributed by atoms with E-state index in [0.29, 0.717) is 34.5 Å². The number of allylic oxidation sites excluding steroid dienone is 3. The average Bonchev–Trinajstić information content (AvgIpc) is 3.07. The van der Waals surface area contributed by atoms with E-state index in [0.717, 1.165) is 0 Å². The maximum Gasteiger partial charge on any atom is 0.337 e. The van der Waals surface area contributed by atoms with Crippen molar-refractivity contribution >= 4 is 29.0 Å². The van der Waals surface area contributed by atoms with Crippen LogP contribution in [-0.4, -0.2) is 22.1 Å². The molecule has 0 unspecified atom stereocenters. The lowest BCUT2D eigenvalue weighted by Gasteiger charge is -2.14. The number of rotatable bonds is 7. The van der Waals surface area contributed by atoms with Gasteiger partial charge in [-0.2, -0.15) is 0 Å². The van der Waals surface area contributed by atoms with Crippen LogP contribution in [0.2, 0.25) is 0 Å². The number of carbonyl (C=O) groups excluding carboxylic acids is 1. The lowest BCUT2D eigenvalue weighted by molar-refractivity contribution is -0.112. The Morgan fingerprint density at radius 3 is 2.03 bits per heavy atom. The van der Waals surface area contributed by atoms with Gasteiger partial charge in [-0.3, -0.25) is 4.79 Å². The second-order valence-electron chi connectivity index (χ2n) is 6.80. The van der Waals surface area contributed by atoms with E-state index in [1.54, 1.807) is 48.6 Å². The summed E-state index contributed by atoms with van der Waals surface area (Å²) in [4.78, 5) is 24.2. The summed E-state index contributed by atoms with van der Waals surface area (Å²) in [6.45, 7) is 11.6. The van der Waals surface area contributed by atoms with E-state index in [1.165, 1.54) is 6.07 Å². The molecule has 1 amide bonds. The number of carboxylic acids is 1. The molecule has 1 aliphatic rings. The summed E-state index contributed by atoms with van der Waals surface area (Å²) in [5.41, 5.74) is 2.98. The van der Waals surface area contributed by atoms with Gasteiger partial charge >= 0.3 is 5.97 Å². The van der Waals surface area contributed by atoms with E-state index in [1.807, 2.05) is 32.1 Å². The number of carbonyl (C=O) groups is 2. The minimum absolute atomic E-state index is 0.0133. The Labute approximate surface area is 194 Å². The molecule has 3 rings (SSSR count). The summed E-state index contributed by atoms with van der Waals surface area (Å²) in [5.74, 6) is -1.62. The zero-order valence-electron chi connectivity index (χ0n) is 18.8. The molecule has 2 aromatic rings. The number of amides is 1. The monoisotopic (exact) mass is 444 g/mol. The molecule has 0 radical (unpaired) electrons. The molecule has 0 saturated heterocycles. The zero-order valence-corrected chi connectivity index (χ0v) is 18.8. The Balaban J connectivity index is 0.00000187. The van der Waals surface area contributed by atoms with Crippen LogP contribution in [0.15, 0.2) is 103 Å². The largest absolute Gasteiger partial charge is 0.508 e. The number of carboxylic acid groups (broad SMARTS) is 1. The molecule has 6 heteroatoms. The Kier molecular flexibility index (Phi) is 9.00. The van der Waals surface area contributed by atoms with Gasteiger partial charge in [0.05, 0.1) is 11.3 Å². The molecular weight excluding hydrogens is 416 g/mol. The molecule has 6 nitrogen and oxygen atoms in total. The van der Waals surface area contributed by atoms with Gasteiger partial charge in [0.25, 0.3) is 5.91 Å². The SMILES string of the molecule is C=C(Nc1ccccc1C(=C)O)C1=CC(C(=O)Nc2ccccc2C(=O)O)=CCC=C1.CC. The molecule has 0 atom stereocenters. The number of hydrogen-bond donors (Lipinski definition) is 4. The third-order valence-electron chi connectivity index (χ3n) is 4.62. The van der Waals surface area contributed by atoms with Crippen LogP contribution in [0.5, 0.6) is 0 Å². The third kappa shape index (κ3) is 6.58. The summed E-state index contributed by atoms with van der Waals surface area (Å²) in [6, 6.07) is 13.4. The lowest BCUT2D eigenvalue weighted by atomic mass is 10.1. The number of para-hydroxylation sites is 2. The summed E-state index contributed by atoms with van der Waals surface area (Å²) in [6.07, 6.45) is 7.68. The van der Waals surface area contributed by atoms with Crippen LogP contribution in [0.4, 0.5) is 11.4 Å². The summed E-state index contributed by atoms with van der Waals surface area (Å²) >= 11 is 0. The van der Waals surface area contributed by atoms with Gasteiger partial charge in [-0.25, -0.2) is 4.79 Å². The van der Waals surface area contributed by atoms with Crippen molar-refractivity contribution in [1.29, 1.82) is 0 Å². The van der Waals surface area contributed by atoms with Crippen LogP contribution in [0.25, 0.3) is 5.76 Å².